The van der Waals surface area contributed by atoms with E-state index in [0.717, 1.165) is 11.3 Å². The van der Waals surface area contributed by atoms with Gasteiger partial charge in [-0.3, -0.25) is 4.79 Å². The van der Waals surface area contributed by atoms with Crippen LogP contribution < -0.4 is 10.1 Å². The lowest BCUT2D eigenvalue weighted by Crippen LogP contribution is -2.28. The Morgan fingerprint density at radius 1 is 1.13 bits per heavy atom. The first-order valence-electron chi connectivity index (χ1n) is 7.33. The van der Waals surface area contributed by atoms with Gasteiger partial charge >= 0.3 is 0 Å². The molecule has 23 heavy (non-hydrogen) atoms. The molecule has 0 aliphatic heterocycles. The molecular formula is C18H20N2O3. The molecule has 0 spiro atoms. The minimum absolute atomic E-state index is 0.132. The standard InChI is InChI=1S/C18H20N2O3/c1-14-3-9-17(10-4-14)23-12-11-19-18(21)16-7-5-15(6-8-16)13-20-22-2/h3-10,13H,11-12H2,1-2H3,(H,19,21). The van der Waals surface area contributed by atoms with Crippen molar-refractivity contribution in [1.82, 2.24) is 5.32 Å². The molecule has 2 aromatic rings. The highest BCUT2D eigenvalue weighted by atomic mass is 16.6. The van der Waals surface area contributed by atoms with Crippen LogP contribution in [0, 0.1) is 6.92 Å². The molecule has 5 nitrogen and oxygen atoms in total. The van der Waals surface area contributed by atoms with E-state index in [-0.39, 0.29) is 5.91 Å². The van der Waals surface area contributed by atoms with Gasteiger partial charge in [-0.1, -0.05) is 35.0 Å². The molecule has 0 bridgehead atoms. The Morgan fingerprint density at radius 2 is 1.83 bits per heavy atom. The van der Waals surface area contributed by atoms with Gasteiger partial charge in [0.15, 0.2) is 0 Å². The van der Waals surface area contributed by atoms with Crippen molar-refractivity contribution in [2.24, 2.45) is 5.16 Å². The zero-order valence-corrected chi connectivity index (χ0v) is 13.3. The number of nitrogens with zero attached hydrogens (tertiary/aromatic N) is 1. The van der Waals surface area contributed by atoms with Crippen LogP contribution in [0.4, 0.5) is 0 Å². The van der Waals surface area contributed by atoms with Crippen LogP contribution in [0.1, 0.15) is 21.5 Å². The van der Waals surface area contributed by atoms with Crippen molar-refractivity contribution in [2.45, 2.75) is 6.92 Å². The molecule has 5 heteroatoms. The number of aryl methyl sites for hydroxylation is 1. The summed E-state index contributed by atoms with van der Waals surface area (Å²) in [6.07, 6.45) is 1.58. The summed E-state index contributed by atoms with van der Waals surface area (Å²) >= 11 is 0. The van der Waals surface area contributed by atoms with Crippen LogP contribution in [-0.2, 0) is 4.84 Å². The highest BCUT2D eigenvalue weighted by Crippen LogP contribution is 2.10. The van der Waals surface area contributed by atoms with Gasteiger partial charge in [-0.2, -0.15) is 0 Å². The molecule has 2 aromatic carbocycles. The third-order valence-electron chi connectivity index (χ3n) is 3.16. The number of carbonyl (C=O) groups is 1. The van der Waals surface area contributed by atoms with Crippen LogP contribution in [0.5, 0.6) is 5.75 Å². The molecule has 0 saturated heterocycles. The number of hydrogen-bond donors (Lipinski definition) is 1. The second-order valence-electron chi connectivity index (χ2n) is 4.96. The van der Waals surface area contributed by atoms with Crippen LogP contribution in [0.15, 0.2) is 53.7 Å². The van der Waals surface area contributed by atoms with Crippen LogP contribution in [0.25, 0.3) is 0 Å². The fraction of sp³-hybridized carbons (Fsp3) is 0.222. The third-order valence-corrected chi connectivity index (χ3v) is 3.16. The Hall–Kier alpha value is -2.82. The monoisotopic (exact) mass is 312 g/mol. The second kappa shape index (κ2) is 8.58. The molecule has 0 aromatic heterocycles. The fourth-order valence-corrected chi connectivity index (χ4v) is 1.90. The van der Waals surface area contributed by atoms with Crippen LogP contribution in [-0.4, -0.2) is 32.4 Å². The van der Waals surface area contributed by atoms with E-state index in [1.54, 1.807) is 30.5 Å². The number of benzene rings is 2. The van der Waals surface area contributed by atoms with E-state index in [4.69, 9.17) is 4.74 Å². The molecule has 0 saturated carbocycles. The van der Waals surface area contributed by atoms with Crippen LogP contribution in [0.2, 0.25) is 0 Å². The topological polar surface area (TPSA) is 59.9 Å². The van der Waals surface area contributed by atoms with Gasteiger partial charge in [-0.05, 0) is 36.8 Å². The summed E-state index contributed by atoms with van der Waals surface area (Å²) in [5, 5.41) is 6.49. The van der Waals surface area contributed by atoms with Crippen molar-refractivity contribution in [3.05, 3.63) is 65.2 Å². The van der Waals surface area contributed by atoms with Crippen molar-refractivity contribution in [1.29, 1.82) is 0 Å². The van der Waals surface area contributed by atoms with Crippen LogP contribution >= 0.6 is 0 Å². The molecule has 0 aliphatic rings. The van der Waals surface area contributed by atoms with Gasteiger partial charge in [-0.15, -0.1) is 0 Å². The zero-order chi connectivity index (χ0) is 16.5. The van der Waals surface area contributed by atoms with Crippen molar-refractivity contribution in [2.75, 3.05) is 20.3 Å². The van der Waals surface area contributed by atoms with Crippen molar-refractivity contribution in [3.63, 3.8) is 0 Å². The molecule has 1 amide bonds. The molecule has 0 heterocycles. The quantitative estimate of drug-likeness (QED) is 0.486. The van der Waals surface area contributed by atoms with Gasteiger partial charge in [0, 0.05) is 5.56 Å². The molecule has 0 atom stereocenters. The number of nitrogens with one attached hydrogen (secondary N) is 1. The summed E-state index contributed by atoms with van der Waals surface area (Å²) in [6, 6.07) is 14.9. The number of hydrogen-bond acceptors (Lipinski definition) is 4. The summed E-state index contributed by atoms with van der Waals surface area (Å²) in [5.41, 5.74) is 2.64. The Kier molecular flexibility index (Phi) is 6.17. The summed E-state index contributed by atoms with van der Waals surface area (Å²) in [4.78, 5) is 16.6. The van der Waals surface area contributed by atoms with Gasteiger partial charge in [0.05, 0.1) is 12.8 Å². The highest BCUT2D eigenvalue weighted by molar-refractivity contribution is 5.95. The molecule has 1 N–H and O–H groups in total. The normalized spacial score (nSPS) is 10.5. The Bertz CT molecular complexity index is 649. The zero-order valence-electron chi connectivity index (χ0n) is 13.3. The van der Waals surface area contributed by atoms with Gasteiger partial charge in [0.1, 0.15) is 19.5 Å². The molecule has 0 aliphatic carbocycles. The van der Waals surface area contributed by atoms with Crippen molar-refractivity contribution < 1.29 is 14.4 Å². The SMILES string of the molecule is CON=Cc1ccc(C(=O)NCCOc2ccc(C)cc2)cc1. The maximum atomic E-state index is 12.0. The summed E-state index contributed by atoms with van der Waals surface area (Å²) in [7, 11) is 1.48. The average Bonchev–Trinajstić information content (AvgIpc) is 2.58. The molecule has 120 valence electrons. The van der Waals surface area contributed by atoms with Gasteiger partial charge in [0.2, 0.25) is 0 Å². The smallest absolute Gasteiger partial charge is 0.251 e. The molecular weight excluding hydrogens is 292 g/mol. The van der Waals surface area contributed by atoms with E-state index in [2.05, 4.69) is 15.3 Å². The Balaban J connectivity index is 1.76. The first-order valence-corrected chi connectivity index (χ1v) is 7.33. The Morgan fingerprint density at radius 3 is 2.48 bits per heavy atom. The number of oxime groups is 1. The molecule has 0 radical (unpaired) electrons. The summed E-state index contributed by atoms with van der Waals surface area (Å²) in [5.74, 6) is 0.666. The predicted molar refractivity (Wildman–Crippen MR) is 90.1 cm³/mol. The van der Waals surface area contributed by atoms with Crippen molar-refractivity contribution >= 4 is 12.1 Å². The summed E-state index contributed by atoms with van der Waals surface area (Å²) in [6.45, 7) is 2.89. The second-order valence-corrected chi connectivity index (χ2v) is 4.96. The Labute approximate surface area is 135 Å². The maximum absolute atomic E-state index is 12.0. The molecule has 0 fully saturated rings. The minimum Gasteiger partial charge on any atom is -0.492 e. The fourth-order valence-electron chi connectivity index (χ4n) is 1.90. The lowest BCUT2D eigenvalue weighted by atomic mass is 10.1. The summed E-state index contributed by atoms with van der Waals surface area (Å²) < 4.78 is 5.56. The lowest BCUT2D eigenvalue weighted by Gasteiger charge is -2.08. The first kappa shape index (κ1) is 16.5. The molecule has 2 rings (SSSR count). The van der Waals surface area contributed by atoms with Gasteiger partial charge in [0.25, 0.3) is 5.91 Å². The number of ether oxygens (including phenoxy) is 1. The minimum atomic E-state index is -0.132. The lowest BCUT2D eigenvalue weighted by molar-refractivity contribution is 0.0947. The predicted octanol–water partition coefficient (Wildman–Crippen LogP) is 2.78. The van der Waals surface area contributed by atoms with Gasteiger partial charge in [-0.25, -0.2) is 0 Å². The number of carbonyl (C=O) groups excluding carboxylic acids is 1. The van der Waals surface area contributed by atoms with E-state index < -0.39 is 0 Å². The van der Waals surface area contributed by atoms with Crippen molar-refractivity contribution in [3.8, 4) is 5.75 Å². The largest absolute Gasteiger partial charge is 0.492 e. The first-order chi connectivity index (χ1) is 11.2. The van der Waals surface area contributed by atoms with Crippen LogP contribution in [0.3, 0.4) is 0 Å². The van der Waals surface area contributed by atoms with E-state index in [0.29, 0.717) is 18.7 Å². The average molecular weight is 312 g/mol. The third kappa shape index (κ3) is 5.47. The molecule has 0 unspecified atom stereocenters. The van der Waals surface area contributed by atoms with E-state index in [9.17, 15) is 4.79 Å². The highest BCUT2D eigenvalue weighted by Gasteiger charge is 2.04. The number of amides is 1. The van der Waals surface area contributed by atoms with E-state index in [1.807, 2.05) is 31.2 Å². The number of rotatable bonds is 7. The van der Waals surface area contributed by atoms with Gasteiger partial charge < -0.3 is 14.9 Å². The van der Waals surface area contributed by atoms with E-state index >= 15 is 0 Å². The van der Waals surface area contributed by atoms with E-state index in [1.165, 1.54) is 12.7 Å². The maximum Gasteiger partial charge on any atom is 0.251 e.